The van der Waals surface area contributed by atoms with Crippen LogP contribution in [0.15, 0.2) is 18.2 Å². The normalized spacial score (nSPS) is 10.0. The number of benzene rings is 1. The van der Waals surface area contributed by atoms with Crippen molar-refractivity contribution >= 4 is 17.7 Å². The van der Waals surface area contributed by atoms with Gasteiger partial charge in [-0.3, -0.25) is 14.4 Å². The van der Waals surface area contributed by atoms with Crippen LogP contribution in [0, 0.1) is 13.8 Å². The molecular weight excluding hydrogens is 246 g/mol. The highest BCUT2D eigenvalue weighted by molar-refractivity contribution is 6.00. The fourth-order valence-electron chi connectivity index (χ4n) is 1.62. The average molecular weight is 263 g/mol. The molecule has 0 aliphatic rings. The van der Waals surface area contributed by atoms with E-state index in [4.69, 9.17) is 5.11 Å². The van der Waals surface area contributed by atoms with E-state index in [9.17, 15) is 14.4 Å². The summed E-state index contributed by atoms with van der Waals surface area (Å²) in [7, 11) is 0. The van der Waals surface area contributed by atoms with Gasteiger partial charge in [-0.1, -0.05) is 17.7 Å². The van der Waals surface area contributed by atoms with Crippen molar-refractivity contribution in [3.8, 4) is 0 Å². The summed E-state index contributed by atoms with van der Waals surface area (Å²) in [5.41, 5.74) is 2.42. The van der Waals surface area contributed by atoms with Crippen LogP contribution >= 0.6 is 0 Å². The first kappa shape index (κ1) is 14.9. The first-order valence-corrected chi connectivity index (χ1v) is 5.99. The number of carbonyl (C=O) groups excluding carboxylic acids is 2. The SMILES string of the molecule is Cc1ccc(C)c(C(=O)CNC(=O)CCC(=O)O)c1. The second-order valence-corrected chi connectivity index (χ2v) is 4.41. The third-order valence-corrected chi connectivity index (χ3v) is 2.71. The monoisotopic (exact) mass is 263 g/mol. The highest BCUT2D eigenvalue weighted by Crippen LogP contribution is 2.11. The minimum Gasteiger partial charge on any atom is -0.481 e. The minimum atomic E-state index is -1.03. The van der Waals surface area contributed by atoms with Crippen molar-refractivity contribution in [2.24, 2.45) is 0 Å². The van der Waals surface area contributed by atoms with Crippen molar-refractivity contribution in [3.05, 3.63) is 34.9 Å². The van der Waals surface area contributed by atoms with Crippen molar-refractivity contribution in [1.82, 2.24) is 5.32 Å². The first-order chi connectivity index (χ1) is 8.90. The first-order valence-electron chi connectivity index (χ1n) is 5.99. The van der Waals surface area contributed by atoms with E-state index in [1.54, 1.807) is 6.07 Å². The Hall–Kier alpha value is -2.17. The van der Waals surface area contributed by atoms with Crippen molar-refractivity contribution in [1.29, 1.82) is 0 Å². The summed E-state index contributed by atoms with van der Waals surface area (Å²) in [6.07, 6.45) is -0.348. The molecule has 0 unspecified atom stereocenters. The van der Waals surface area contributed by atoms with Crippen LogP contribution in [0.2, 0.25) is 0 Å². The van der Waals surface area contributed by atoms with Gasteiger partial charge in [0.15, 0.2) is 5.78 Å². The summed E-state index contributed by atoms with van der Waals surface area (Å²) in [6, 6.07) is 5.55. The van der Waals surface area contributed by atoms with Crippen molar-refractivity contribution < 1.29 is 19.5 Å². The lowest BCUT2D eigenvalue weighted by molar-refractivity contribution is -0.138. The van der Waals surface area contributed by atoms with Gasteiger partial charge < -0.3 is 10.4 Å². The summed E-state index contributed by atoms with van der Waals surface area (Å²) < 4.78 is 0. The van der Waals surface area contributed by atoms with Crippen LogP contribution in [0.4, 0.5) is 0 Å². The lowest BCUT2D eigenvalue weighted by Gasteiger charge is -2.07. The van der Waals surface area contributed by atoms with E-state index < -0.39 is 11.9 Å². The topological polar surface area (TPSA) is 83.5 Å². The number of hydrogen-bond acceptors (Lipinski definition) is 3. The molecule has 0 aliphatic carbocycles. The van der Waals surface area contributed by atoms with Gasteiger partial charge >= 0.3 is 5.97 Å². The summed E-state index contributed by atoms with van der Waals surface area (Å²) in [5.74, 6) is -1.64. The lowest BCUT2D eigenvalue weighted by atomic mass is 10.0. The number of ketones is 1. The number of carboxylic acid groups (broad SMARTS) is 1. The van der Waals surface area contributed by atoms with E-state index >= 15 is 0 Å². The van der Waals surface area contributed by atoms with Crippen LogP contribution in [-0.4, -0.2) is 29.3 Å². The third-order valence-electron chi connectivity index (χ3n) is 2.71. The molecule has 1 amide bonds. The van der Waals surface area contributed by atoms with Crippen molar-refractivity contribution in [2.75, 3.05) is 6.54 Å². The van der Waals surface area contributed by atoms with Gasteiger partial charge in [0.2, 0.25) is 5.91 Å². The Labute approximate surface area is 111 Å². The smallest absolute Gasteiger partial charge is 0.303 e. The van der Waals surface area contributed by atoms with E-state index in [1.807, 2.05) is 26.0 Å². The Kier molecular flexibility index (Phi) is 5.23. The molecule has 0 atom stereocenters. The number of carbonyl (C=O) groups is 3. The van der Waals surface area contributed by atoms with E-state index in [1.165, 1.54) is 0 Å². The van der Waals surface area contributed by atoms with Gasteiger partial charge in [-0.25, -0.2) is 0 Å². The number of Topliss-reactive ketones (excluding diaryl/α,β-unsaturated/α-hetero) is 1. The highest BCUT2D eigenvalue weighted by Gasteiger charge is 2.11. The molecule has 0 aromatic heterocycles. The predicted octanol–water partition coefficient (Wildman–Crippen LogP) is 1.47. The molecule has 0 bridgehead atoms. The molecular formula is C14H17NO4. The molecule has 0 fully saturated rings. The molecule has 1 rings (SSSR count). The maximum absolute atomic E-state index is 11.9. The zero-order chi connectivity index (χ0) is 14.4. The molecule has 0 aliphatic heterocycles. The standard InChI is InChI=1S/C14H17NO4/c1-9-3-4-10(2)11(7-9)12(16)8-15-13(17)5-6-14(18)19/h3-4,7H,5-6,8H2,1-2H3,(H,15,17)(H,18,19). The minimum absolute atomic E-state index is 0.108. The number of nitrogens with one attached hydrogen (secondary N) is 1. The van der Waals surface area contributed by atoms with Crippen LogP contribution in [0.3, 0.4) is 0 Å². The van der Waals surface area contributed by atoms with E-state index in [0.29, 0.717) is 5.56 Å². The molecule has 0 radical (unpaired) electrons. The number of carboxylic acids is 1. The number of rotatable bonds is 6. The van der Waals surface area contributed by atoms with E-state index in [0.717, 1.165) is 11.1 Å². The molecule has 2 N–H and O–H groups in total. The zero-order valence-corrected chi connectivity index (χ0v) is 11.0. The summed E-state index contributed by atoms with van der Waals surface area (Å²) in [6.45, 7) is 3.61. The summed E-state index contributed by atoms with van der Waals surface area (Å²) >= 11 is 0. The predicted molar refractivity (Wildman–Crippen MR) is 70.1 cm³/mol. The molecule has 0 saturated carbocycles. The Morgan fingerprint density at radius 1 is 1.16 bits per heavy atom. The quantitative estimate of drug-likeness (QED) is 0.761. The molecule has 102 valence electrons. The zero-order valence-electron chi connectivity index (χ0n) is 11.0. The molecule has 0 saturated heterocycles. The molecule has 0 spiro atoms. The fraction of sp³-hybridized carbons (Fsp3) is 0.357. The van der Waals surface area contributed by atoms with Crippen molar-refractivity contribution in [2.45, 2.75) is 26.7 Å². The Balaban J connectivity index is 2.53. The van der Waals surface area contributed by atoms with Crippen LogP contribution in [0.25, 0.3) is 0 Å². The second kappa shape index (κ2) is 6.68. The summed E-state index contributed by atoms with van der Waals surface area (Å²) in [5, 5.41) is 10.9. The lowest BCUT2D eigenvalue weighted by Crippen LogP contribution is -2.30. The molecule has 19 heavy (non-hydrogen) atoms. The summed E-state index contributed by atoms with van der Waals surface area (Å²) in [4.78, 5) is 33.5. The third kappa shape index (κ3) is 4.91. The van der Waals surface area contributed by atoms with Gasteiger partial charge in [0.05, 0.1) is 13.0 Å². The fourth-order valence-corrected chi connectivity index (χ4v) is 1.62. The van der Waals surface area contributed by atoms with Gasteiger partial charge in [-0.15, -0.1) is 0 Å². The molecule has 5 nitrogen and oxygen atoms in total. The number of aryl methyl sites for hydroxylation is 2. The Morgan fingerprint density at radius 3 is 2.47 bits per heavy atom. The van der Waals surface area contributed by atoms with Gasteiger partial charge in [0.25, 0.3) is 0 Å². The van der Waals surface area contributed by atoms with Crippen LogP contribution < -0.4 is 5.32 Å². The van der Waals surface area contributed by atoms with E-state index in [-0.39, 0.29) is 25.2 Å². The maximum Gasteiger partial charge on any atom is 0.303 e. The highest BCUT2D eigenvalue weighted by atomic mass is 16.4. The van der Waals surface area contributed by atoms with Crippen molar-refractivity contribution in [3.63, 3.8) is 0 Å². The van der Waals surface area contributed by atoms with Crippen LogP contribution in [0.1, 0.15) is 34.3 Å². The van der Waals surface area contributed by atoms with Gasteiger partial charge in [-0.2, -0.15) is 0 Å². The van der Waals surface area contributed by atoms with Gasteiger partial charge in [0.1, 0.15) is 0 Å². The molecule has 5 heteroatoms. The largest absolute Gasteiger partial charge is 0.481 e. The van der Waals surface area contributed by atoms with Crippen LogP contribution in [0.5, 0.6) is 0 Å². The van der Waals surface area contributed by atoms with Crippen LogP contribution in [-0.2, 0) is 9.59 Å². The Morgan fingerprint density at radius 2 is 1.84 bits per heavy atom. The average Bonchev–Trinajstić information content (AvgIpc) is 2.36. The number of hydrogen-bond donors (Lipinski definition) is 2. The number of amides is 1. The van der Waals surface area contributed by atoms with E-state index in [2.05, 4.69) is 5.32 Å². The molecule has 0 heterocycles. The maximum atomic E-state index is 11.9. The van der Waals surface area contributed by atoms with Gasteiger partial charge in [0, 0.05) is 12.0 Å². The second-order valence-electron chi connectivity index (χ2n) is 4.41. The molecule has 1 aromatic rings. The number of aliphatic carboxylic acids is 1. The van der Waals surface area contributed by atoms with Gasteiger partial charge in [-0.05, 0) is 25.5 Å². The Bertz CT molecular complexity index is 508. The molecule has 1 aromatic carbocycles.